The summed E-state index contributed by atoms with van der Waals surface area (Å²) in [4.78, 5) is 0. The summed E-state index contributed by atoms with van der Waals surface area (Å²) in [6, 6.07) is 3.55. The van der Waals surface area contributed by atoms with Crippen molar-refractivity contribution in [2.75, 3.05) is 6.54 Å². The van der Waals surface area contributed by atoms with E-state index >= 15 is 0 Å². The maximum absolute atomic E-state index is 13.4. The van der Waals surface area contributed by atoms with Crippen molar-refractivity contribution < 1.29 is 8.78 Å². The lowest BCUT2D eigenvalue weighted by Crippen LogP contribution is -2.27. The van der Waals surface area contributed by atoms with Crippen LogP contribution in [0.3, 0.4) is 0 Å². The quantitative estimate of drug-likeness (QED) is 0.822. The minimum Gasteiger partial charge on any atom is -0.312 e. The van der Waals surface area contributed by atoms with E-state index in [1.165, 1.54) is 18.6 Å². The molecule has 1 aliphatic carbocycles. The molecular formula is C14H18ClF2N. The van der Waals surface area contributed by atoms with Gasteiger partial charge in [0.15, 0.2) is 0 Å². The third-order valence-corrected chi connectivity index (χ3v) is 3.87. The molecule has 0 amide bonds. The van der Waals surface area contributed by atoms with Gasteiger partial charge in [-0.25, -0.2) is 8.78 Å². The van der Waals surface area contributed by atoms with Gasteiger partial charge in [0.2, 0.25) is 0 Å². The third kappa shape index (κ3) is 3.92. The highest BCUT2D eigenvalue weighted by molar-refractivity contribution is 6.20. The van der Waals surface area contributed by atoms with Gasteiger partial charge < -0.3 is 5.32 Å². The monoisotopic (exact) mass is 273 g/mol. The van der Waals surface area contributed by atoms with E-state index in [0.29, 0.717) is 18.0 Å². The Hall–Kier alpha value is -0.670. The molecule has 1 aromatic rings. The smallest absolute Gasteiger partial charge is 0.127 e. The van der Waals surface area contributed by atoms with Crippen molar-refractivity contribution in [1.82, 2.24) is 5.32 Å². The first-order valence-corrected chi connectivity index (χ1v) is 6.87. The third-order valence-electron chi connectivity index (χ3n) is 3.48. The second kappa shape index (κ2) is 6.48. The van der Waals surface area contributed by atoms with Crippen LogP contribution in [-0.4, -0.2) is 11.9 Å². The zero-order valence-corrected chi connectivity index (χ0v) is 11.0. The average molecular weight is 274 g/mol. The minimum absolute atomic E-state index is 0.274. The molecule has 2 rings (SSSR count). The molecule has 1 aliphatic rings. The average Bonchev–Trinajstić information content (AvgIpc) is 2.34. The molecule has 1 N–H and O–H groups in total. The number of benzene rings is 1. The predicted molar refractivity (Wildman–Crippen MR) is 69.7 cm³/mol. The Morgan fingerprint density at radius 1 is 1.28 bits per heavy atom. The Kier molecular flexibility index (Phi) is 4.95. The van der Waals surface area contributed by atoms with E-state index in [-0.39, 0.29) is 11.2 Å². The van der Waals surface area contributed by atoms with E-state index in [4.69, 9.17) is 11.6 Å². The largest absolute Gasteiger partial charge is 0.312 e. The summed E-state index contributed by atoms with van der Waals surface area (Å²) in [5.74, 6) is -0.202. The summed E-state index contributed by atoms with van der Waals surface area (Å²) < 4.78 is 26.3. The van der Waals surface area contributed by atoms with Gasteiger partial charge in [-0.3, -0.25) is 0 Å². The molecule has 0 aliphatic heterocycles. The van der Waals surface area contributed by atoms with Crippen LogP contribution in [0.2, 0.25) is 0 Å². The van der Waals surface area contributed by atoms with Gasteiger partial charge in [-0.05, 0) is 49.9 Å². The molecule has 1 fully saturated rings. The van der Waals surface area contributed by atoms with Crippen molar-refractivity contribution in [1.29, 1.82) is 0 Å². The molecule has 0 saturated heterocycles. The summed E-state index contributed by atoms with van der Waals surface area (Å²) in [6.07, 6.45) is 4.44. The lowest BCUT2D eigenvalue weighted by Gasteiger charge is -2.25. The Labute approximate surface area is 112 Å². The molecule has 2 unspecified atom stereocenters. The van der Waals surface area contributed by atoms with Crippen molar-refractivity contribution in [3.05, 3.63) is 35.4 Å². The van der Waals surface area contributed by atoms with E-state index in [9.17, 15) is 8.78 Å². The maximum Gasteiger partial charge on any atom is 0.127 e. The van der Waals surface area contributed by atoms with Crippen LogP contribution >= 0.6 is 11.6 Å². The first-order valence-electron chi connectivity index (χ1n) is 6.44. The first kappa shape index (κ1) is 13.8. The van der Waals surface area contributed by atoms with Crippen LogP contribution in [0.1, 0.15) is 31.2 Å². The van der Waals surface area contributed by atoms with Gasteiger partial charge in [-0.1, -0.05) is 6.42 Å². The Bertz CT molecular complexity index is 397. The van der Waals surface area contributed by atoms with Crippen LogP contribution in [0, 0.1) is 17.6 Å². The van der Waals surface area contributed by atoms with Crippen LogP contribution in [0.25, 0.3) is 0 Å². The van der Waals surface area contributed by atoms with E-state index < -0.39 is 5.82 Å². The van der Waals surface area contributed by atoms with Gasteiger partial charge in [0, 0.05) is 17.5 Å². The van der Waals surface area contributed by atoms with E-state index in [1.807, 2.05) is 0 Å². The fourth-order valence-electron chi connectivity index (χ4n) is 2.50. The number of hydrogen-bond acceptors (Lipinski definition) is 1. The second-order valence-electron chi connectivity index (χ2n) is 5.00. The Morgan fingerprint density at radius 3 is 2.89 bits per heavy atom. The number of alkyl halides is 1. The molecule has 0 bridgehead atoms. The molecule has 0 radical (unpaired) electrons. The number of hydrogen-bond donors (Lipinski definition) is 1. The number of nitrogens with one attached hydrogen (secondary N) is 1. The SMILES string of the molecule is Fc1ccc(F)c(CNCC2CCCC(Cl)C2)c1. The first-order chi connectivity index (χ1) is 8.65. The van der Waals surface area contributed by atoms with Gasteiger partial charge >= 0.3 is 0 Å². The van der Waals surface area contributed by atoms with Gasteiger partial charge in [-0.2, -0.15) is 0 Å². The Balaban J connectivity index is 1.79. The van der Waals surface area contributed by atoms with Crippen molar-refractivity contribution in [2.24, 2.45) is 5.92 Å². The summed E-state index contributed by atoms with van der Waals surface area (Å²) in [5.41, 5.74) is 0.383. The highest BCUT2D eigenvalue weighted by Gasteiger charge is 2.19. The summed E-state index contributed by atoms with van der Waals surface area (Å²) in [5, 5.41) is 3.47. The summed E-state index contributed by atoms with van der Waals surface area (Å²) >= 11 is 6.12. The summed E-state index contributed by atoms with van der Waals surface area (Å²) in [7, 11) is 0. The second-order valence-corrected chi connectivity index (χ2v) is 5.61. The maximum atomic E-state index is 13.4. The van der Waals surface area contributed by atoms with E-state index in [1.54, 1.807) is 0 Å². The fourth-order valence-corrected chi connectivity index (χ4v) is 2.91. The lowest BCUT2D eigenvalue weighted by molar-refractivity contribution is 0.345. The van der Waals surface area contributed by atoms with Crippen LogP contribution in [0.15, 0.2) is 18.2 Å². The normalized spacial score (nSPS) is 24.2. The highest BCUT2D eigenvalue weighted by Crippen LogP contribution is 2.27. The van der Waals surface area contributed by atoms with E-state index in [2.05, 4.69) is 5.32 Å². The van der Waals surface area contributed by atoms with Crippen molar-refractivity contribution in [3.8, 4) is 0 Å². The van der Waals surface area contributed by atoms with Gasteiger partial charge in [0.05, 0.1) is 0 Å². The van der Waals surface area contributed by atoms with Gasteiger partial charge in [0.25, 0.3) is 0 Å². The molecule has 0 spiro atoms. The standard InChI is InChI=1S/C14H18ClF2N/c15-12-3-1-2-10(6-12)8-18-9-11-7-13(16)4-5-14(11)17/h4-5,7,10,12,18H,1-3,6,8-9H2. The summed E-state index contributed by atoms with van der Waals surface area (Å²) in [6.45, 7) is 1.19. The molecule has 100 valence electrons. The topological polar surface area (TPSA) is 12.0 Å². The molecule has 4 heteroatoms. The van der Waals surface area contributed by atoms with Crippen LogP contribution in [-0.2, 0) is 6.54 Å². The van der Waals surface area contributed by atoms with Crippen LogP contribution < -0.4 is 5.32 Å². The van der Waals surface area contributed by atoms with Crippen molar-refractivity contribution >= 4 is 11.6 Å². The zero-order valence-electron chi connectivity index (χ0n) is 10.3. The number of halogens is 3. The van der Waals surface area contributed by atoms with E-state index in [0.717, 1.165) is 31.9 Å². The predicted octanol–water partition coefficient (Wildman–Crippen LogP) is 3.85. The molecule has 0 heterocycles. The molecular weight excluding hydrogens is 256 g/mol. The molecule has 1 saturated carbocycles. The van der Waals surface area contributed by atoms with Crippen molar-refractivity contribution in [2.45, 2.75) is 37.6 Å². The van der Waals surface area contributed by atoms with Crippen LogP contribution in [0.4, 0.5) is 8.78 Å². The number of rotatable bonds is 4. The molecule has 2 atom stereocenters. The fraction of sp³-hybridized carbons (Fsp3) is 0.571. The molecule has 1 aromatic carbocycles. The zero-order chi connectivity index (χ0) is 13.0. The van der Waals surface area contributed by atoms with Gasteiger partial charge in [0.1, 0.15) is 11.6 Å². The highest BCUT2D eigenvalue weighted by atomic mass is 35.5. The molecule has 18 heavy (non-hydrogen) atoms. The Morgan fingerprint density at radius 2 is 2.11 bits per heavy atom. The minimum atomic E-state index is -0.397. The lowest BCUT2D eigenvalue weighted by atomic mass is 9.89. The van der Waals surface area contributed by atoms with Gasteiger partial charge in [-0.15, -0.1) is 11.6 Å². The van der Waals surface area contributed by atoms with Crippen molar-refractivity contribution in [3.63, 3.8) is 0 Å². The molecule has 1 nitrogen and oxygen atoms in total. The molecule has 0 aromatic heterocycles. The van der Waals surface area contributed by atoms with Crippen LogP contribution in [0.5, 0.6) is 0 Å².